The van der Waals surface area contributed by atoms with Gasteiger partial charge in [0.2, 0.25) is 0 Å². The van der Waals surface area contributed by atoms with Crippen molar-refractivity contribution in [1.29, 1.82) is 0 Å². The van der Waals surface area contributed by atoms with E-state index in [1.165, 1.54) is 164 Å². The average molecular weight is 574 g/mol. The molecular weight excluding hydrogens is 504 g/mol. The molecule has 0 bridgehead atoms. The molecule has 0 aromatic heterocycles. The van der Waals surface area contributed by atoms with E-state index in [2.05, 4.69) is 32.9 Å². The van der Waals surface area contributed by atoms with Gasteiger partial charge in [-0.1, -0.05) is 136 Å². The van der Waals surface area contributed by atoms with Crippen LogP contribution >= 0.6 is 0 Å². The lowest BCUT2D eigenvalue weighted by Gasteiger charge is -2.19. The Morgan fingerprint density at radius 3 is 1.46 bits per heavy atom. The summed E-state index contributed by atoms with van der Waals surface area (Å²) >= 11 is 0. The third-order valence-electron chi connectivity index (χ3n) is 8.32. The minimum absolute atomic E-state index is 0.663. The van der Waals surface area contributed by atoms with Crippen LogP contribution < -0.4 is 4.74 Å². The number of carbonyl (C=O) groups excluding carboxylic acids is 1. The minimum Gasteiger partial charge on any atom is -0.491 e. The van der Waals surface area contributed by atoms with Crippen molar-refractivity contribution in [3.63, 3.8) is 0 Å². The molecule has 0 aliphatic carbocycles. The largest absolute Gasteiger partial charge is 0.491 e. The predicted octanol–water partition coefficient (Wildman–Crippen LogP) is 11.5. The molecule has 1 aromatic rings. The average Bonchev–Trinajstić information content (AvgIpc) is 2.98. The fourth-order valence-electron chi connectivity index (χ4n) is 5.75. The highest BCUT2D eigenvalue weighted by molar-refractivity contribution is 5.50. The van der Waals surface area contributed by atoms with Crippen molar-refractivity contribution in [2.75, 3.05) is 19.8 Å². The lowest BCUT2D eigenvalue weighted by atomic mass is 9.94. The van der Waals surface area contributed by atoms with Crippen molar-refractivity contribution in [2.24, 2.45) is 0 Å². The van der Waals surface area contributed by atoms with E-state index in [1.807, 2.05) is 0 Å². The third-order valence-corrected chi connectivity index (χ3v) is 8.32. The molecule has 3 nitrogen and oxygen atoms in total. The SMILES string of the molecule is CCCCCc1cc(CCCCC)c(OCCOCCCCCCCCCCCCCCC=[OH+])c(CCCCC)c1. The first-order valence-corrected chi connectivity index (χ1v) is 18.1. The molecule has 0 aliphatic heterocycles. The molecular formula is C38H69O3+. The number of unbranched alkanes of at least 4 members (excludes halogenated alkanes) is 18. The molecule has 0 fully saturated rings. The van der Waals surface area contributed by atoms with Crippen LogP contribution in [0.5, 0.6) is 5.75 Å². The highest BCUT2D eigenvalue weighted by atomic mass is 16.5. The summed E-state index contributed by atoms with van der Waals surface area (Å²) in [6.45, 7) is 9.09. The smallest absolute Gasteiger partial charge is 0.281 e. The maximum Gasteiger partial charge on any atom is 0.281 e. The summed E-state index contributed by atoms with van der Waals surface area (Å²) in [4.78, 5) is 8.70. The van der Waals surface area contributed by atoms with Gasteiger partial charge in [0.1, 0.15) is 12.4 Å². The van der Waals surface area contributed by atoms with Crippen molar-refractivity contribution in [3.05, 3.63) is 28.8 Å². The summed E-state index contributed by atoms with van der Waals surface area (Å²) in [6, 6.07) is 4.93. The van der Waals surface area contributed by atoms with Crippen molar-refractivity contribution in [3.8, 4) is 5.75 Å². The van der Waals surface area contributed by atoms with E-state index < -0.39 is 0 Å². The number of rotatable bonds is 31. The Bertz CT molecular complexity index is 682. The van der Waals surface area contributed by atoms with E-state index in [4.69, 9.17) is 14.3 Å². The zero-order valence-electron chi connectivity index (χ0n) is 27.8. The van der Waals surface area contributed by atoms with Crippen molar-refractivity contribution in [2.45, 2.75) is 181 Å². The number of benzene rings is 1. The van der Waals surface area contributed by atoms with Crippen LogP contribution in [0.1, 0.15) is 179 Å². The molecule has 0 heterocycles. The van der Waals surface area contributed by atoms with Gasteiger partial charge in [-0.05, 0) is 68.1 Å². The van der Waals surface area contributed by atoms with E-state index in [9.17, 15) is 0 Å². The van der Waals surface area contributed by atoms with E-state index in [0.717, 1.165) is 32.3 Å². The molecule has 238 valence electrons. The van der Waals surface area contributed by atoms with Crippen LogP contribution in [-0.4, -0.2) is 30.9 Å². The second-order valence-electron chi connectivity index (χ2n) is 12.3. The Balaban J connectivity index is 2.32. The summed E-state index contributed by atoms with van der Waals surface area (Å²) < 4.78 is 12.5. The molecule has 0 saturated heterocycles. The summed E-state index contributed by atoms with van der Waals surface area (Å²) in [5.41, 5.74) is 4.40. The predicted molar refractivity (Wildman–Crippen MR) is 180 cm³/mol. The first-order chi connectivity index (χ1) is 20.3. The van der Waals surface area contributed by atoms with Gasteiger partial charge in [-0.2, -0.15) is 0 Å². The van der Waals surface area contributed by atoms with Crippen molar-refractivity contribution in [1.82, 2.24) is 0 Å². The number of hydrogen-bond acceptors (Lipinski definition) is 2. The van der Waals surface area contributed by atoms with Gasteiger partial charge >= 0.3 is 0 Å². The fraction of sp³-hybridized carbons (Fsp3) is 0.816. The van der Waals surface area contributed by atoms with Gasteiger partial charge in [0, 0.05) is 6.61 Å². The Kier molecular flexibility index (Phi) is 26.4. The molecule has 0 saturated carbocycles. The zero-order chi connectivity index (χ0) is 29.6. The third kappa shape index (κ3) is 21.1. The minimum atomic E-state index is 0.663. The Labute approximate surface area is 255 Å². The standard InChI is InChI=1S/C38H68O3/c1-4-7-21-26-35-33-36(27-22-8-5-2)38(37(34-35)28-23-9-6-3)41-32-31-40-30-25-20-18-16-14-12-10-11-13-15-17-19-24-29-39/h29,33-34H,4-28,30-32H2,1-3H3/p+1. The van der Waals surface area contributed by atoms with Gasteiger partial charge in [-0.25, -0.2) is 0 Å². The molecule has 1 aromatic carbocycles. The Morgan fingerprint density at radius 1 is 0.512 bits per heavy atom. The van der Waals surface area contributed by atoms with Crippen molar-refractivity contribution < 1.29 is 14.3 Å². The second kappa shape index (κ2) is 28.8. The summed E-state index contributed by atoms with van der Waals surface area (Å²) in [5.74, 6) is 1.18. The maximum absolute atomic E-state index is 8.70. The first kappa shape index (κ1) is 37.7. The van der Waals surface area contributed by atoms with E-state index in [-0.39, 0.29) is 0 Å². The van der Waals surface area contributed by atoms with Gasteiger partial charge in [0.25, 0.3) is 6.29 Å². The monoisotopic (exact) mass is 574 g/mol. The molecule has 0 spiro atoms. The summed E-state index contributed by atoms with van der Waals surface area (Å²) in [5, 5.41) is 0. The molecule has 0 atom stereocenters. The number of ether oxygens (including phenoxy) is 2. The number of hydrogen-bond donors (Lipinski definition) is 0. The molecule has 0 aliphatic rings. The second-order valence-corrected chi connectivity index (χ2v) is 12.3. The van der Waals surface area contributed by atoms with E-state index >= 15 is 0 Å². The van der Waals surface area contributed by atoms with Crippen LogP contribution in [-0.2, 0) is 24.0 Å². The maximum atomic E-state index is 8.70. The van der Waals surface area contributed by atoms with Crippen LogP contribution in [0.15, 0.2) is 12.1 Å². The summed E-state index contributed by atoms with van der Waals surface area (Å²) in [7, 11) is 0. The Hall–Kier alpha value is -1.35. The fourth-order valence-corrected chi connectivity index (χ4v) is 5.75. The van der Waals surface area contributed by atoms with Crippen molar-refractivity contribution >= 4 is 6.29 Å². The highest BCUT2D eigenvalue weighted by Crippen LogP contribution is 2.30. The quantitative estimate of drug-likeness (QED) is 0.0503. The zero-order valence-corrected chi connectivity index (χ0v) is 27.8. The van der Waals surface area contributed by atoms with E-state index in [0.29, 0.717) is 13.2 Å². The van der Waals surface area contributed by atoms with Gasteiger partial charge in [0.15, 0.2) is 0 Å². The first-order valence-electron chi connectivity index (χ1n) is 18.1. The normalized spacial score (nSPS) is 11.3. The molecule has 1 rings (SSSR count). The number of aryl methyl sites for hydroxylation is 3. The molecule has 41 heavy (non-hydrogen) atoms. The number of aldehydes is 1. The van der Waals surface area contributed by atoms with Crippen LogP contribution in [0.3, 0.4) is 0 Å². The van der Waals surface area contributed by atoms with Gasteiger partial charge in [-0.3, -0.25) is 4.79 Å². The summed E-state index contributed by atoms with van der Waals surface area (Å²) in [6.07, 6.45) is 32.9. The van der Waals surface area contributed by atoms with E-state index in [1.54, 1.807) is 0 Å². The van der Waals surface area contributed by atoms with Crippen LogP contribution in [0.25, 0.3) is 0 Å². The Morgan fingerprint density at radius 2 is 0.976 bits per heavy atom. The van der Waals surface area contributed by atoms with Gasteiger partial charge in [0.05, 0.1) is 13.0 Å². The highest BCUT2D eigenvalue weighted by Gasteiger charge is 2.13. The molecule has 3 heteroatoms. The topological polar surface area (TPSA) is 39.9 Å². The van der Waals surface area contributed by atoms with Crippen LogP contribution in [0.2, 0.25) is 0 Å². The molecule has 0 amide bonds. The van der Waals surface area contributed by atoms with Crippen LogP contribution in [0.4, 0.5) is 0 Å². The molecule has 0 radical (unpaired) electrons. The lowest BCUT2D eigenvalue weighted by molar-refractivity contribution is 0.0964. The van der Waals surface area contributed by atoms with Gasteiger partial charge in [-0.15, -0.1) is 0 Å². The molecule has 0 unspecified atom stereocenters. The molecule has 1 N–H and O–H groups in total. The van der Waals surface area contributed by atoms with Crippen LogP contribution in [0, 0.1) is 0 Å². The van der Waals surface area contributed by atoms with Gasteiger partial charge < -0.3 is 9.47 Å². The lowest BCUT2D eigenvalue weighted by Crippen LogP contribution is -2.11.